The van der Waals surface area contributed by atoms with E-state index in [-0.39, 0.29) is 11.5 Å². The number of hydrogen-bond acceptors (Lipinski definition) is 7. The zero-order chi connectivity index (χ0) is 26.2. The lowest BCUT2D eigenvalue weighted by Gasteiger charge is -2.08. The van der Waals surface area contributed by atoms with Crippen molar-refractivity contribution in [1.82, 2.24) is 0 Å². The molecule has 0 aliphatic carbocycles. The molecule has 0 saturated heterocycles. The van der Waals surface area contributed by atoms with Crippen molar-refractivity contribution in [1.29, 1.82) is 0 Å². The van der Waals surface area contributed by atoms with Crippen LogP contribution in [0, 0.1) is 10.1 Å². The normalized spacial score (nSPS) is 10.4. The van der Waals surface area contributed by atoms with Crippen molar-refractivity contribution in [3.63, 3.8) is 0 Å². The van der Waals surface area contributed by atoms with Gasteiger partial charge in [0.15, 0.2) is 12.4 Å². The van der Waals surface area contributed by atoms with Gasteiger partial charge in [0, 0.05) is 22.2 Å². The molecule has 0 aliphatic rings. The molecule has 8 nitrogen and oxygen atoms in total. The molecule has 0 N–H and O–H groups in total. The summed E-state index contributed by atoms with van der Waals surface area (Å²) in [5.74, 6) is 0.633. The van der Waals surface area contributed by atoms with E-state index < -0.39 is 17.5 Å². The summed E-state index contributed by atoms with van der Waals surface area (Å²) in [6.07, 6.45) is 0. The Kier molecular flexibility index (Phi) is 8.27. The molecular formula is C28H20BrNO7. The molecule has 0 saturated carbocycles. The number of hydrogen-bond donors (Lipinski definition) is 0. The number of ether oxygens (including phenoxy) is 3. The molecular weight excluding hydrogens is 542 g/mol. The molecule has 0 heterocycles. The maximum Gasteiger partial charge on any atom is 0.338 e. The smallest absolute Gasteiger partial charge is 0.338 e. The second-order valence-electron chi connectivity index (χ2n) is 7.82. The van der Waals surface area contributed by atoms with Crippen molar-refractivity contribution in [2.24, 2.45) is 0 Å². The maximum absolute atomic E-state index is 12.4. The molecule has 0 aliphatic heterocycles. The molecule has 0 radical (unpaired) electrons. The van der Waals surface area contributed by atoms with E-state index in [0.29, 0.717) is 29.2 Å². The summed E-state index contributed by atoms with van der Waals surface area (Å²) in [6.45, 7) is -0.0603. The van der Waals surface area contributed by atoms with Crippen LogP contribution in [-0.2, 0) is 11.3 Å². The highest BCUT2D eigenvalue weighted by atomic mass is 79.9. The predicted molar refractivity (Wildman–Crippen MR) is 139 cm³/mol. The number of non-ortho nitro benzene ring substituents is 1. The van der Waals surface area contributed by atoms with Gasteiger partial charge in [0.25, 0.3) is 5.69 Å². The zero-order valence-electron chi connectivity index (χ0n) is 19.3. The summed E-state index contributed by atoms with van der Waals surface area (Å²) in [7, 11) is 0. The van der Waals surface area contributed by atoms with E-state index >= 15 is 0 Å². The number of rotatable bonds is 10. The van der Waals surface area contributed by atoms with Crippen LogP contribution >= 0.6 is 15.9 Å². The van der Waals surface area contributed by atoms with Crippen molar-refractivity contribution in [3.05, 3.63) is 128 Å². The lowest BCUT2D eigenvalue weighted by atomic mass is 10.1. The molecule has 0 amide bonds. The van der Waals surface area contributed by atoms with Gasteiger partial charge in [-0.05, 0) is 78.4 Å². The summed E-state index contributed by atoms with van der Waals surface area (Å²) >= 11 is 3.38. The first-order valence-corrected chi connectivity index (χ1v) is 11.9. The SMILES string of the molecule is O=C(COC(=O)c1ccc(COc2ccc(Br)cc2)cc1)c1ccc(Oc2ccc([N+](=O)[O-])cc2)cc1. The molecule has 0 bridgehead atoms. The minimum atomic E-state index is -0.605. The molecule has 4 aromatic rings. The Morgan fingerprint density at radius 3 is 1.86 bits per heavy atom. The lowest BCUT2D eigenvalue weighted by molar-refractivity contribution is -0.384. The topological polar surface area (TPSA) is 105 Å². The summed E-state index contributed by atoms with van der Waals surface area (Å²) in [4.78, 5) is 35.0. The fourth-order valence-corrected chi connectivity index (χ4v) is 3.48. The number of benzene rings is 4. The third kappa shape index (κ3) is 7.25. The monoisotopic (exact) mass is 561 g/mol. The van der Waals surface area contributed by atoms with E-state index in [0.717, 1.165) is 15.8 Å². The fourth-order valence-electron chi connectivity index (χ4n) is 3.21. The molecule has 4 rings (SSSR count). The van der Waals surface area contributed by atoms with Gasteiger partial charge < -0.3 is 14.2 Å². The highest BCUT2D eigenvalue weighted by Gasteiger charge is 2.13. The molecule has 4 aromatic carbocycles. The van der Waals surface area contributed by atoms with Crippen LogP contribution in [0.3, 0.4) is 0 Å². The Labute approximate surface area is 220 Å². The fraction of sp³-hybridized carbons (Fsp3) is 0.0714. The highest BCUT2D eigenvalue weighted by Crippen LogP contribution is 2.24. The van der Waals surface area contributed by atoms with Crippen LogP contribution in [0.2, 0.25) is 0 Å². The van der Waals surface area contributed by atoms with Crippen LogP contribution in [-0.4, -0.2) is 23.3 Å². The minimum absolute atomic E-state index is 0.0375. The number of esters is 1. The summed E-state index contributed by atoms with van der Waals surface area (Å²) in [5, 5.41) is 10.7. The third-order valence-electron chi connectivity index (χ3n) is 5.20. The quantitative estimate of drug-likeness (QED) is 0.0909. The average molecular weight is 562 g/mol. The number of ketones is 1. The molecule has 0 aromatic heterocycles. The maximum atomic E-state index is 12.4. The van der Waals surface area contributed by atoms with E-state index in [1.807, 2.05) is 24.3 Å². The number of carbonyl (C=O) groups is 2. The third-order valence-corrected chi connectivity index (χ3v) is 5.73. The number of nitrogens with zero attached hydrogens (tertiary/aromatic N) is 1. The van der Waals surface area contributed by atoms with Crippen molar-refractivity contribution in [2.75, 3.05) is 6.61 Å². The van der Waals surface area contributed by atoms with Crippen LogP contribution in [0.1, 0.15) is 26.3 Å². The first-order valence-electron chi connectivity index (χ1n) is 11.1. The van der Waals surface area contributed by atoms with Crippen molar-refractivity contribution in [2.45, 2.75) is 6.61 Å². The first kappa shape index (κ1) is 25.6. The summed E-state index contributed by atoms with van der Waals surface area (Å²) < 4.78 is 17.5. The van der Waals surface area contributed by atoms with Gasteiger partial charge in [-0.15, -0.1) is 0 Å². The number of nitro benzene ring substituents is 1. The van der Waals surface area contributed by atoms with Gasteiger partial charge in [-0.1, -0.05) is 28.1 Å². The molecule has 0 atom stereocenters. The van der Waals surface area contributed by atoms with Gasteiger partial charge in [0.1, 0.15) is 23.9 Å². The standard InChI is InChI=1S/C28H20BrNO7/c29-22-7-13-24(14-8-22)35-17-19-1-3-21(4-2-19)28(32)36-18-27(31)20-5-11-25(12-6-20)37-26-15-9-23(10-16-26)30(33)34/h1-16H,17-18H2. The molecule has 0 spiro atoms. The van der Waals surface area contributed by atoms with E-state index in [1.54, 1.807) is 48.5 Å². The number of nitro groups is 1. The van der Waals surface area contributed by atoms with Gasteiger partial charge in [0.2, 0.25) is 0 Å². The summed E-state index contributed by atoms with van der Waals surface area (Å²) in [5.41, 5.74) is 1.52. The van der Waals surface area contributed by atoms with Gasteiger partial charge in [-0.3, -0.25) is 14.9 Å². The predicted octanol–water partition coefficient (Wildman–Crippen LogP) is 6.77. The number of halogens is 1. The summed E-state index contributed by atoms with van der Waals surface area (Å²) in [6, 6.07) is 26.2. The van der Waals surface area contributed by atoms with Gasteiger partial charge >= 0.3 is 5.97 Å². The Hall–Kier alpha value is -4.50. The van der Waals surface area contributed by atoms with Crippen LogP contribution in [0.25, 0.3) is 0 Å². The van der Waals surface area contributed by atoms with Crippen molar-refractivity contribution >= 4 is 33.4 Å². The minimum Gasteiger partial charge on any atom is -0.489 e. The molecule has 0 unspecified atom stereocenters. The second-order valence-corrected chi connectivity index (χ2v) is 8.73. The number of Topliss-reactive ketones (excluding diaryl/α,β-unsaturated/α-hetero) is 1. The Morgan fingerprint density at radius 1 is 0.730 bits per heavy atom. The highest BCUT2D eigenvalue weighted by molar-refractivity contribution is 9.10. The van der Waals surface area contributed by atoms with Gasteiger partial charge in [0.05, 0.1) is 10.5 Å². The zero-order valence-corrected chi connectivity index (χ0v) is 20.9. The van der Waals surface area contributed by atoms with Crippen LogP contribution < -0.4 is 9.47 Å². The second kappa shape index (κ2) is 12.0. The molecule has 37 heavy (non-hydrogen) atoms. The number of carbonyl (C=O) groups excluding carboxylic acids is 2. The van der Waals surface area contributed by atoms with Gasteiger partial charge in [-0.25, -0.2) is 4.79 Å². The van der Waals surface area contributed by atoms with Gasteiger partial charge in [-0.2, -0.15) is 0 Å². The van der Waals surface area contributed by atoms with Crippen LogP contribution in [0.15, 0.2) is 102 Å². The molecule has 186 valence electrons. The van der Waals surface area contributed by atoms with E-state index in [9.17, 15) is 19.7 Å². The molecule has 9 heteroatoms. The van der Waals surface area contributed by atoms with Crippen LogP contribution in [0.5, 0.6) is 17.2 Å². The van der Waals surface area contributed by atoms with E-state index in [1.165, 1.54) is 24.3 Å². The largest absolute Gasteiger partial charge is 0.489 e. The lowest BCUT2D eigenvalue weighted by Crippen LogP contribution is -2.14. The van der Waals surface area contributed by atoms with E-state index in [4.69, 9.17) is 14.2 Å². The Bertz CT molecular complexity index is 1380. The van der Waals surface area contributed by atoms with E-state index in [2.05, 4.69) is 15.9 Å². The Morgan fingerprint density at radius 2 is 1.27 bits per heavy atom. The van der Waals surface area contributed by atoms with Crippen LogP contribution in [0.4, 0.5) is 5.69 Å². The average Bonchev–Trinajstić information content (AvgIpc) is 2.92. The Balaban J connectivity index is 1.25. The van der Waals surface area contributed by atoms with Crippen molar-refractivity contribution < 1.29 is 28.7 Å². The molecule has 0 fully saturated rings. The van der Waals surface area contributed by atoms with Crippen molar-refractivity contribution in [3.8, 4) is 17.2 Å². The first-order chi connectivity index (χ1) is 17.9.